The second kappa shape index (κ2) is 36.7. The number of phosphoric ester groups is 1. The summed E-state index contributed by atoms with van der Waals surface area (Å²) in [6.07, 6.45) is 32.0. The Morgan fingerprint density at radius 3 is 1.73 bits per heavy atom. The molecule has 0 spiro atoms. The van der Waals surface area contributed by atoms with Gasteiger partial charge in [-0.05, 0) is 77.0 Å². The van der Waals surface area contributed by atoms with Crippen LogP contribution in [0, 0.1) is 0 Å². The van der Waals surface area contributed by atoms with Crippen molar-refractivity contribution in [3.05, 3.63) is 48.6 Å². The number of carboxylic acids is 1. The van der Waals surface area contributed by atoms with E-state index in [-0.39, 0.29) is 12.8 Å². The molecule has 0 aliphatic heterocycles. The largest absolute Gasteiger partial charge is 0.480 e. The number of esters is 2. The van der Waals surface area contributed by atoms with E-state index in [1.165, 1.54) is 25.7 Å². The molecule has 0 bridgehead atoms. The van der Waals surface area contributed by atoms with Gasteiger partial charge in [0.15, 0.2) is 6.10 Å². The van der Waals surface area contributed by atoms with Gasteiger partial charge in [0.05, 0.1) is 25.4 Å². The van der Waals surface area contributed by atoms with Crippen LogP contribution in [0.25, 0.3) is 0 Å². The van der Waals surface area contributed by atoms with Gasteiger partial charge in [-0.25, -0.2) is 4.57 Å². The third kappa shape index (κ3) is 34.6. The van der Waals surface area contributed by atoms with Crippen molar-refractivity contribution in [3.8, 4) is 0 Å². The van der Waals surface area contributed by atoms with E-state index >= 15 is 0 Å². The topological polar surface area (TPSA) is 212 Å². The third-order valence-corrected chi connectivity index (χ3v) is 9.70. The van der Waals surface area contributed by atoms with Crippen molar-refractivity contribution >= 4 is 25.7 Å². The Bertz CT molecular complexity index is 1170. The molecule has 6 N–H and O–H groups in total. The molecule has 14 heteroatoms. The summed E-state index contributed by atoms with van der Waals surface area (Å²) in [5.41, 5.74) is 5.31. The number of hydrogen-bond donors (Lipinski definition) is 5. The molecule has 0 amide bonds. The summed E-state index contributed by atoms with van der Waals surface area (Å²) < 4.78 is 32.5. The first kappa shape index (κ1) is 53.4. The minimum absolute atomic E-state index is 0.0522. The molecule has 13 nitrogen and oxygen atoms in total. The first-order valence-corrected chi connectivity index (χ1v) is 22.3. The molecule has 0 aliphatic rings. The molecule has 0 aliphatic carbocycles. The first-order valence-electron chi connectivity index (χ1n) is 20.8. The number of aliphatic hydroxyl groups excluding tert-OH is 2. The maximum Gasteiger partial charge on any atom is 0.472 e. The number of aliphatic hydroxyl groups is 2. The van der Waals surface area contributed by atoms with Crippen molar-refractivity contribution in [3.63, 3.8) is 0 Å². The molecule has 324 valence electrons. The maximum absolute atomic E-state index is 12.6. The fraction of sp³-hybridized carbons (Fsp3) is 0.738. The predicted octanol–water partition coefficient (Wildman–Crippen LogP) is 8.56. The minimum atomic E-state index is -4.76. The second-order valence-corrected chi connectivity index (χ2v) is 15.5. The number of carbonyl (C=O) groups excluding carboxylic acids is 2. The van der Waals surface area contributed by atoms with Gasteiger partial charge in [0.25, 0.3) is 0 Å². The monoisotopic (exact) mass is 815 g/mol. The fourth-order valence-corrected chi connectivity index (χ4v) is 6.05. The van der Waals surface area contributed by atoms with Crippen molar-refractivity contribution in [2.75, 3.05) is 19.8 Å². The highest BCUT2D eigenvalue weighted by atomic mass is 31.2. The van der Waals surface area contributed by atoms with Crippen LogP contribution in [0.2, 0.25) is 0 Å². The molecule has 0 rings (SSSR count). The molecule has 0 radical (unpaired) electrons. The standard InChI is InChI=1S/C42H74NO12P/c1-3-5-7-9-11-12-13-14-15-16-17-18-19-23-27-31-40(46)52-33-36(34-53-56(50,51)54-35-37(43)42(48)49)55-41(47)32-28-24-20-22-26-30-39(45)38(44)29-25-21-10-8-6-4-2/h11-12,14-15,17-18,21,25,36-39,44-45H,3-10,13,16,19-20,22-24,26-35,43H2,1-2H3,(H,48,49)(H,50,51)/b12-11-,15-14-,18-17-,25-21-/t36-,37+,38+,39+/m1/s1. The molecule has 56 heavy (non-hydrogen) atoms. The lowest BCUT2D eigenvalue weighted by Crippen LogP contribution is -2.34. The van der Waals surface area contributed by atoms with Crippen LogP contribution in [0.4, 0.5) is 0 Å². The summed E-state index contributed by atoms with van der Waals surface area (Å²) >= 11 is 0. The van der Waals surface area contributed by atoms with Gasteiger partial charge in [-0.3, -0.25) is 23.4 Å². The van der Waals surface area contributed by atoms with Gasteiger partial charge in [0, 0.05) is 12.8 Å². The Kier molecular flexibility index (Phi) is 35.0. The van der Waals surface area contributed by atoms with Crippen LogP contribution >= 0.6 is 7.82 Å². The number of ether oxygens (including phenoxy) is 2. The normalized spacial score (nSPS) is 15.4. The smallest absolute Gasteiger partial charge is 0.472 e. The Balaban J connectivity index is 4.59. The van der Waals surface area contributed by atoms with Crippen molar-refractivity contribution < 1.29 is 57.7 Å². The fourth-order valence-electron chi connectivity index (χ4n) is 5.27. The van der Waals surface area contributed by atoms with Crippen LogP contribution in [0.1, 0.15) is 155 Å². The molecule has 0 heterocycles. The molecule has 0 aromatic heterocycles. The van der Waals surface area contributed by atoms with Crippen LogP contribution in [-0.4, -0.2) is 82.3 Å². The average Bonchev–Trinajstić information content (AvgIpc) is 3.17. The average molecular weight is 816 g/mol. The first-order chi connectivity index (χ1) is 26.9. The lowest BCUT2D eigenvalue weighted by Gasteiger charge is -2.20. The molecule has 5 atom stereocenters. The van der Waals surface area contributed by atoms with Crippen LogP contribution in [-0.2, 0) is 37.5 Å². The number of carbonyl (C=O) groups is 3. The van der Waals surface area contributed by atoms with Gasteiger partial charge in [-0.2, -0.15) is 0 Å². The number of unbranched alkanes of at least 4 members (excludes halogenated alkanes) is 12. The van der Waals surface area contributed by atoms with Gasteiger partial charge in [0.2, 0.25) is 0 Å². The Hall–Kier alpha value is -2.64. The molecule has 0 saturated heterocycles. The van der Waals surface area contributed by atoms with E-state index in [1.54, 1.807) is 0 Å². The molecule has 0 saturated carbocycles. The third-order valence-electron chi connectivity index (χ3n) is 8.75. The zero-order valence-electron chi connectivity index (χ0n) is 34.2. The number of aliphatic carboxylic acids is 1. The van der Waals surface area contributed by atoms with E-state index < -0.39 is 69.9 Å². The van der Waals surface area contributed by atoms with Crippen LogP contribution < -0.4 is 5.73 Å². The van der Waals surface area contributed by atoms with Gasteiger partial charge >= 0.3 is 25.7 Å². The molecule has 1 unspecified atom stereocenters. The SMILES string of the molecule is CCCCC/C=C\C/C=C\C/C=C\CCCCC(=O)OC[C@H](COP(=O)(O)OC[C@H](N)C(=O)O)OC(=O)CCCCCCC[C@H](O)[C@@H](O)C/C=C\CCCCC. The van der Waals surface area contributed by atoms with Crippen LogP contribution in [0.3, 0.4) is 0 Å². The summed E-state index contributed by atoms with van der Waals surface area (Å²) in [4.78, 5) is 45.9. The Labute approximate surface area is 336 Å². The highest BCUT2D eigenvalue weighted by Gasteiger charge is 2.28. The quantitative estimate of drug-likeness (QED) is 0.0171. The van der Waals surface area contributed by atoms with E-state index in [4.69, 9.17) is 24.8 Å². The number of phosphoric acid groups is 1. The lowest BCUT2D eigenvalue weighted by molar-refractivity contribution is -0.161. The zero-order chi connectivity index (χ0) is 41.7. The van der Waals surface area contributed by atoms with E-state index in [1.807, 2.05) is 6.08 Å². The second-order valence-electron chi connectivity index (χ2n) is 14.1. The number of carboxylic acid groups (broad SMARTS) is 1. The summed E-state index contributed by atoms with van der Waals surface area (Å²) in [5.74, 6) is -2.57. The number of nitrogens with two attached hydrogens (primary N) is 1. The molecular formula is C42H74NO12P. The summed E-state index contributed by atoms with van der Waals surface area (Å²) in [5, 5.41) is 29.3. The Morgan fingerprint density at radius 1 is 0.625 bits per heavy atom. The highest BCUT2D eigenvalue weighted by molar-refractivity contribution is 7.47. The number of hydrogen-bond acceptors (Lipinski definition) is 11. The zero-order valence-corrected chi connectivity index (χ0v) is 35.1. The van der Waals surface area contributed by atoms with Gasteiger partial charge < -0.3 is 35.4 Å². The van der Waals surface area contributed by atoms with Crippen LogP contribution in [0.5, 0.6) is 0 Å². The number of allylic oxidation sites excluding steroid dienone is 7. The number of rotatable bonds is 38. The van der Waals surface area contributed by atoms with Crippen LogP contribution in [0.15, 0.2) is 48.6 Å². The minimum Gasteiger partial charge on any atom is -0.480 e. The lowest BCUT2D eigenvalue weighted by atomic mass is 10.0. The predicted molar refractivity (Wildman–Crippen MR) is 220 cm³/mol. The van der Waals surface area contributed by atoms with Crippen molar-refractivity contribution in [1.29, 1.82) is 0 Å². The van der Waals surface area contributed by atoms with E-state index in [9.17, 15) is 34.1 Å². The summed E-state index contributed by atoms with van der Waals surface area (Å²) in [6, 6.07) is -1.55. The molecule has 0 aromatic carbocycles. The molecular weight excluding hydrogens is 741 g/mol. The summed E-state index contributed by atoms with van der Waals surface area (Å²) in [6.45, 7) is 2.50. The summed E-state index contributed by atoms with van der Waals surface area (Å²) in [7, 11) is -4.76. The maximum atomic E-state index is 12.6. The van der Waals surface area contributed by atoms with Gasteiger partial charge in [0.1, 0.15) is 12.6 Å². The van der Waals surface area contributed by atoms with E-state index in [0.717, 1.165) is 77.0 Å². The Morgan fingerprint density at radius 2 is 1.12 bits per heavy atom. The molecule has 0 aromatic rings. The molecule has 0 fully saturated rings. The van der Waals surface area contributed by atoms with Crippen molar-refractivity contribution in [1.82, 2.24) is 0 Å². The van der Waals surface area contributed by atoms with E-state index in [0.29, 0.717) is 25.7 Å². The highest BCUT2D eigenvalue weighted by Crippen LogP contribution is 2.43. The van der Waals surface area contributed by atoms with Gasteiger partial charge in [-0.15, -0.1) is 0 Å². The van der Waals surface area contributed by atoms with Crippen molar-refractivity contribution in [2.45, 2.75) is 179 Å². The van der Waals surface area contributed by atoms with E-state index in [2.05, 4.69) is 60.9 Å². The van der Waals surface area contributed by atoms with Gasteiger partial charge in [-0.1, -0.05) is 114 Å². The van der Waals surface area contributed by atoms with Crippen molar-refractivity contribution in [2.24, 2.45) is 5.73 Å².